The minimum absolute atomic E-state index is 0.107. The van der Waals surface area contributed by atoms with E-state index < -0.39 is 10.0 Å². The van der Waals surface area contributed by atoms with E-state index in [0.29, 0.717) is 6.54 Å². The molecule has 1 spiro atoms. The zero-order valence-corrected chi connectivity index (χ0v) is 10.1. The Morgan fingerprint density at radius 2 is 1.93 bits per heavy atom. The van der Waals surface area contributed by atoms with Crippen LogP contribution in [0.2, 0.25) is 0 Å². The molecule has 1 N–H and O–H groups in total. The number of rotatable bonds is 1. The number of sulfonamides is 1. The Bertz CT molecular complexity index is 312. The number of hydrogen-bond acceptors (Lipinski definition) is 3. The van der Waals surface area contributed by atoms with Gasteiger partial charge in [0.25, 0.3) is 0 Å². The summed E-state index contributed by atoms with van der Waals surface area (Å²) < 4.78 is 25.3. The molecule has 2 aliphatic rings. The van der Waals surface area contributed by atoms with Gasteiger partial charge in [0.2, 0.25) is 10.0 Å². The molecule has 1 atom stereocenters. The molecule has 0 aromatic carbocycles. The lowest BCUT2D eigenvalue weighted by atomic mass is 9.82. The topological polar surface area (TPSA) is 49.4 Å². The Balaban J connectivity index is 2.25. The summed E-state index contributed by atoms with van der Waals surface area (Å²) in [4.78, 5) is 0. The fraction of sp³-hybridized carbons (Fsp3) is 1.00. The molecule has 2 saturated heterocycles. The van der Waals surface area contributed by atoms with E-state index in [0.717, 1.165) is 45.2 Å². The standard InChI is InChI=1S/C10H20N2O2S/c1-15(13,14)12-8-3-2-5-10(12)6-4-7-11-9-10/h11H,2-9H2,1H3/t10-/m0/s1. The van der Waals surface area contributed by atoms with Gasteiger partial charge in [-0.15, -0.1) is 0 Å². The number of nitrogens with zero attached hydrogens (tertiary/aromatic N) is 1. The first-order chi connectivity index (χ1) is 7.05. The van der Waals surface area contributed by atoms with E-state index in [1.807, 2.05) is 0 Å². The highest BCUT2D eigenvalue weighted by Crippen LogP contribution is 2.35. The van der Waals surface area contributed by atoms with Crippen LogP contribution in [0.5, 0.6) is 0 Å². The van der Waals surface area contributed by atoms with Gasteiger partial charge in [0.15, 0.2) is 0 Å². The van der Waals surface area contributed by atoms with Gasteiger partial charge < -0.3 is 5.32 Å². The van der Waals surface area contributed by atoms with Gasteiger partial charge in [0, 0.05) is 18.6 Å². The summed E-state index contributed by atoms with van der Waals surface area (Å²) in [7, 11) is -3.04. The Kier molecular flexibility index (Phi) is 3.05. The van der Waals surface area contributed by atoms with E-state index in [4.69, 9.17) is 0 Å². The first kappa shape index (κ1) is 11.4. The number of nitrogens with one attached hydrogen (secondary N) is 1. The smallest absolute Gasteiger partial charge is 0.211 e. The Hall–Kier alpha value is -0.130. The zero-order chi connectivity index (χ0) is 10.9. The molecule has 4 nitrogen and oxygen atoms in total. The highest BCUT2D eigenvalue weighted by Gasteiger charge is 2.43. The summed E-state index contributed by atoms with van der Waals surface area (Å²) in [6, 6.07) is 0. The van der Waals surface area contributed by atoms with Crippen LogP contribution in [-0.4, -0.2) is 44.2 Å². The van der Waals surface area contributed by atoms with Crippen molar-refractivity contribution in [3.05, 3.63) is 0 Å². The summed E-state index contributed by atoms with van der Waals surface area (Å²) in [5.41, 5.74) is -0.107. The van der Waals surface area contributed by atoms with Crippen LogP contribution >= 0.6 is 0 Å². The van der Waals surface area contributed by atoms with Crippen LogP contribution in [0.1, 0.15) is 32.1 Å². The van der Waals surface area contributed by atoms with Crippen LogP contribution in [0.25, 0.3) is 0 Å². The van der Waals surface area contributed by atoms with Crippen molar-refractivity contribution in [1.82, 2.24) is 9.62 Å². The van der Waals surface area contributed by atoms with Gasteiger partial charge in [-0.05, 0) is 32.2 Å². The van der Waals surface area contributed by atoms with Crippen LogP contribution in [0.4, 0.5) is 0 Å². The molecule has 15 heavy (non-hydrogen) atoms. The molecule has 0 unspecified atom stereocenters. The molecule has 0 saturated carbocycles. The summed E-state index contributed by atoms with van der Waals surface area (Å²) in [5, 5.41) is 3.34. The van der Waals surface area contributed by atoms with E-state index >= 15 is 0 Å². The summed E-state index contributed by atoms with van der Waals surface area (Å²) in [6.45, 7) is 2.57. The van der Waals surface area contributed by atoms with Gasteiger partial charge in [-0.25, -0.2) is 8.42 Å². The fourth-order valence-electron chi connectivity index (χ4n) is 2.97. The van der Waals surface area contributed by atoms with Crippen molar-refractivity contribution in [3.63, 3.8) is 0 Å². The Morgan fingerprint density at radius 3 is 2.53 bits per heavy atom. The van der Waals surface area contributed by atoms with Crippen molar-refractivity contribution in [3.8, 4) is 0 Å². The van der Waals surface area contributed by atoms with E-state index in [1.54, 1.807) is 4.31 Å². The van der Waals surface area contributed by atoms with Crippen LogP contribution < -0.4 is 5.32 Å². The predicted octanol–water partition coefficient (Wildman–Crippen LogP) is 0.554. The maximum atomic E-state index is 11.8. The van der Waals surface area contributed by atoms with Gasteiger partial charge in [0.05, 0.1) is 6.26 Å². The molecule has 0 bridgehead atoms. The van der Waals surface area contributed by atoms with Crippen molar-refractivity contribution in [2.45, 2.75) is 37.6 Å². The van der Waals surface area contributed by atoms with Gasteiger partial charge in [-0.3, -0.25) is 0 Å². The van der Waals surface area contributed by atoms with Crippen molar-refractivity contribution >= 4 is 10.0 Å². The number of hydrogen-bond donors (Lipinski definition) is 1. The third-order valence-electron chi connectivity index (χ3n) is 3.63. The van der Waals surface area contributed by atoms with Gasteiger partial charge in [-0.1, -0.05) is 6.42 Å². The van der Waals surface area contributed by atoms with Crippen molar-refractivity contribution in [2.24, 2.45) is 0 Å². The highest BCUT2D eigenvalue weighted by molar-refractivity contribution is 7.88. The van der Waals surface area contributed by atoms with E-state index in [-0.39, 0.29) is 5.54 Å². The van der Waals surface area contributed by atoms with Gasteiger partial charge in [-0.2, -0.15) is 4.31 Å². The fourth-order valence-corrected chi connectivity index (χ4v) is 4.38. The van der Waals surface area contributed by atoms with Gasteiger partial charge >= 0.3 is 0 Å². The maximum Gasteiger partial charge on any atom is 0.211 e. The van der Waals surface area contributed by atoms with E-state index in [1.165, 1.54) is 6.26 Å². The number of piperidine rings is 2. The molecule has 2 heterocycles. The molecule has 2 rings (SSSR count). The Morgan fingerprint density at radius 1 is 1.20 bits per heavy atom. The average Bonchev–Trinajstić information content (AvgIpc) is 2.18. The molecule has 0 aromatic rings. The second kappa shape index (κ2) is 4.03. The van der Waals surface area contributed by atoms with Crippen molar-refractivity contribution in [1.29, 1.82) is 0 Å². The molecular weight excluding hydrogens is 212 g/mol. The molecule has 2 aliphatic heterocycles. The molecule has 0 aromatic heterocycles. The minimum atomic E-state index is -3.04. The lowest BCUT2D eigenvalue weighted by Crippen LogP contribution is -2.61. The van der Waals surface area contributed by atoms with Crippen LogP contribution in [-0.2, 0) is 10.0 Å². The van der Waals surface area contributed by atoms with Crippen molar-refractivity contribution < 1.29 is 8.42 Å². The van der Waals surface area contributed by atoms with Crippen LogP contribution in [0, 0.1) is 0 Å². The monoisotopic (exact) mass is 232 g/mol. The highest BCUT2D eigenvalue weighted by atomic mass is 32.2. The second-order valence-corrected chi connectivity index (χ2v) is 6.70. The normalized spacial score (nSPS) is 34.5. The molecule has 88 valence electrons. The second-order valence-electron chi connectivity index (χ2n) is 4.80. The first-order valence-electron chi connectivity index (χ1n) is 5.73. The average molecular weight is 232 g/mol. The largest absolute Gasteiger partial charge is 0.315 e. The zero-order valence-electron chi connectivity index (χ0n) is 9.33. The maximum absolute atomic E-state index is 11.8. The molecule has 2 fully saturated rings. The predicted molar refractivity (Wildman–Crippen MR) is 60.2 cm³/mol. The Labute approximate surface area is 92.1 Å². The quantitative estimate of drug-likeness (QED) is 0.718. The summed E-state index contributed by atoms with van der Waals surface area (Å²) in [5.74, 6) is 0. The third kappa shape index (κ3) is 2.19. The van der Waals surface area contributed by atoms with E-state index in [2.05, 4.69) is 5.32 Å². The first-order valence-corrected chi connectivity index (χ1v) is 7.58. The van der Waals surface area contributed by atoms with E-state index in [9.17, 15) is 8.42 Å². The summed E-state index contributed by atoms with van der Waals surface area (Å²) in [6.07, 6.45) is 6.64. The molecule has 0 aliphatic carbocycles. The third-order valence-corrected chi connectivity index (χ3v) is 5.00. The lowest BCUT2D eigenvalue weighted by Gasteiger charge is -2.48. The van der Waals surface area contributed by atoms with Crippen LogP contribution in [0.15, 0.2) is 0 Å². The van der Waals surface area contributed by atoms with Gasteiger partial charge in [0.1, 0.15) is 0 Å². The molecule has 0 amide bonds. The molecule has 0 radical (unpaired) electrons. The SMILES string of the molecule is CS(=O)(=O)N1CCCC[C@@]12CCCNC2. The molecule has 5 heteroatoms. The molecular formula is C10H20N2O2S. The van der Waals surface area contributed by atoms with Crippen molar-refractivity contribution in [2.75, 3.05) is 25.9 Å². The summed E-state index contributed by atoms with van der Waals surface area (Å²) >= 11 is 0. The van der Waals surface area contributed by atoms with Crippen LogP contribution in [0.3, 0.4) is 0 Å². The lowest BCUT2D eigenvalue weighted by molar-refractivity contribution is 0.100. The minimum Gasteiger partial charge on any atom is -0.315 e.